The van der Waals surface area contributed by atoms with Gasteiger partial charge in [0.15, 0.2) is 11.5 Å². The first-order chi connectivity index (χ1) is 16.8. The van der Waals surface area contributed by atoms with Crippen molar-refractivity contribution in [3.8, 4) is 17.2 Å². The van der Waals surface area contributed by atoms with E-state index < -0.39 is 0 Å². The molecule has 0 N–H and O–H groups in total. The van der Waals surface area contributed by atoms with Crippen LogP contribution in [-0.2, 0) is 6.61 Å². The summed E-state index contributed by atoms with van der Waals surface area (Å²) in [5.41, 5.74) is 4.35. The highest BCUT2D eigenvalue weighted by Crippen LogP contribution is 2.48. The Kier molecular flexibility index (Phi) is 5.43. The number of benzene rings is 3. The van der Waals surface area contributed by atoms with Crippen LogP contribution in [0.3, 0.4) is 0 Å². The van der Waals surface area contributed by atoms with E-state index in [1.54, 1.807) is 18.4 Å². The van der Waals surface area contributed by atoms with Crippen molar-refractivity contribution in [3.05, 3.63) is 112 Å². The second kappa shape index (κ2) is 8.88. The first-order valence-electron chi connectivity index (χ1n) is 11.3. The molecule has 0 aliphatic carbocycles. The van der Waals surface area contributed by atoms with Crippen molar-refractivity contribution in [2.45, 2.75) is 25.3 Å². The van der Waals surface area contributed by atoms with Crippen LogP contribution in [0, 0.1) is 0 Å². The molecule has 0 bridgehead atoms. The molecule has 2 unspecified atom stereocenters. The number of thiophene rings is 1. The molecule has 2 atom stereocenters. The highest BCUT2D eigenvalue weighted by molar-refractivity contribution is 7.12. The van der Waals surface area contributed by atoms with Gasteiger partial charge in [-0.25, -0.2) is 5.01 Å². The molecule has 0 radical (unpaired) electrons. The van der Waals surface area contributed by atoms with Gasteiger partial charge in [0.05, 0.1) is 23.7 Å². The van der Waals surface area contributed by atoms with E-state index in [9.17, 15) is 0 Å². The van der Waals surface area contributed by atoms with Crippen LogP contribution in [0.4, 0.5) is 0 Å². The average molecular weight is 469 g/mol. The molecule has 0 fully saturated rings. The molecule has 0 saturated carbocycles. The quantitative estimate of drug-likeness (QED) is 0.321. The summed E-state index contributed by atoms with van der Waals surface area (Å²) in [5.74, 6) is 2.28. The summed E-state index contributed by atoms with van der Waals surface area (Å²) in [5, 5.41) is 9.21. The van der Waals surface area contributed by atoms with Crippen LogP contribution in [-0.4, -0.2) is 17.8 Å². The highest BCUT2D eigenvalue weighted by Gasteiger charge is 2.41. The van der Waals surface area contributed by atoms with Crippen molar-refractivity contribution < 1.29 is 14.2 Å². The van der Waals surface area contributed by atoms with Crippen LogP contribution in [0.5, 0.6) is 17.2 Å². The van der Waals surface area contributed by atoms with E-state index in [-0.39, 0.29) is 12.3 Å². The Balaban J connectivity index is 1.33. The maximum Gasteiger partial charge on any atom is 0.214 e. The fourth-order valence-corrected chi connectivity index (χ4v) is 5.26. The van der Waals surface area contributed by atoms with Gasteiger partial charge in [0, 0.05) is 17.5 Å². The lowest BCUT2D eigenvalue weighted by atomic mass is 9.97. The van der Waals surface area contributed by atoms with Crippen molar-refractivity contribution in [1.82, 2.24) is 5.01 Å². The van der Waals surface area contributed by atoms with Gasteiger partial charge < -0.3 is 14.2 Å². The molecular weight excluding hydrogens is 444 g/mol. The summed E-state index contributed by atoms with van der Waals surface area (Å²) in [6, 6.07) is 28.7. The molecule has 170 valence electrons. The second-order valence-electron chi connectivity index (χ2n) is 8.32. The van der Waals surface area contributed by atoms with Crippen molar-refractivity contribution in [2.24, 2.45) is 5.10 Å². The lowest BCUT2D eigenvalue weighted by molar-refractivity contribution is -0.0191. The van der Waals surface area contributed by atoms with Gasteiger partial charge in [-0.3, -0.25) is 0 Å². The maximum absolute atomic E-state index is 6.49. The molecule has 5 nitrogen and oxygen atoms in total. The Hall–Kier alpha value is -3.77. The first-order valence-corrected chi connectivity index (χ1v) is 12.2. The van der Waals surface area contributed by atoms with Crippen LogP contribution in [0.15, 0.2) is 95.4 Å². The lowest BCUT2D eigenvalue weighted by Crippen LogP contribution is -2.33. The molecule has 34 heavy (non-hydrogen) atoms. The Morgan fingerprint density at radius 1 is 0.971 bits per heavy atom. The van der Waals surface area contributed by atoms with Gasteiger partial charge in [0.25, 0.3) is 0 Å². The second-order valence-corrected chi connectivity index (χ2v) is 9.26. The standard InChI is InChI=1S/C28H24N2O3S/c1-31-26-16-20(13-14-25(26)32-18-19-8-3-2-4-9-19)28-30-23(21-10-5-6-11-24(21)33-28)17-22(29-30)27-12-7-15-34-27/h2-16,23,28H,17-18H2,1H3. The normalized spacial score (nSPS) is 18.5. The van der Waals surface area contributed by atoms with E-state index in [4.69, 9.17) is 19.3 Å². The minimum absolute atomic E-state index is 0.132. The Bertz CT molecular complexity index is 1320. The topological polar surface area (TPSA) is 43.3 Å². The smallest absolute Gasteiger partial charge is 0.214 e. The van der Waals surface area contributed by atoms with Crippen LogP contribution < -0.4 is 14.2 Å². The Morgan fingerprint density at radius 3 is 2.65 bits per heavy atom. The van der Waals surface area contributed by atoms with Crippen molar-refractivity contribution in [3.63, 3.8) is 0 Å². The largest absolute Gasteiger partial charge is 0.493 e. The van der Waals surface area contributed by atoms with E-state index in [0.717, 1.165) is 29.0 Å². The molecule has 3 aromatic carbocycles. The van der Waals surface area contributed by atoms with Gasteiger partial charge in [0.1, 0.15) is 12.4 Å². The van der Waals surface area contributed by atoms with Crippen molar-refractivity contribution in [2.75, 3.05) is 7.11 Å². The lowest BCUT2D eigenvalue weighted by Gasteiger charge is -2.38. The molecule has 2 aliphatic rings. The van der Waals surface area contributed by atoms with E-state index in [1.165, 1.54) is 10.4 Å². The highest BCUT2D eigenvalue weighted by atomic mass is 32.1. The Morgan fingerprint density at radius 2 is 1.82 bits per heavy atom. The number of rotatable bonds is 6. The zero-order chi connectivity index (χ0) is 22.9. The van der Waals surface area contributed by atoms with Crippen LogP contribution in [0.25, 0.3) is 0 Å². The maximum atomic E-state index is 6.49. The summed E-state index contributed by atoms with van der Waals surface area (Å²) < 4.78 is 18.2. The summed E-state index contributed by atoms with van der Waals surface area (Å²) in [6.07, 6.45) is 0.502. The summed E-state index contributed by atoms with van der Waals surface area (Å²) in [4.78, 5) is 1.20. The molecule has 2 aliphatic heterocycles. The molecular formula is C28H24N2O3S. The molecule has 4 aromatic rings. The minimum Gasteiger partial charge on any atom is -0.493 e. The number of fused-ring (bicyclic) bond motifs is 3. The van der Waals surface area contributed by atoms with Gasteiger partial charge in [0.2, 0.25) is 6.23 Å². The third kappa shape index (κ3) is 3.80. The Labute approximate surface area is 202 Å². The number of para-hydroxylation sites is 1. The zero-order valence-corrected chi connectivity index (χ0v) is 19.6. The van der Waals surface area contributed by atoms with Gasteiger partial charge in [-0.1, -0.05) is 54.6 Å². The molecule has 6 rings (SSSR count). The number of hydrogen-bond acceptors (Lipinski definition) is 6. The third-order valence-electron chi connectivity index (χ3n) is 6.21. The van der Waals surface area contributed by atoms with E-state index >= 15 is 0 Å². The number of methoxy groups -OCH3 is 1. The number of hydrogen-bond donors (Lipinski definition) is 0. The SMILES string of the molecule is COc1cc(C2Oc3ccccc3C3CC(c4cccs4)=NN32)ccc1OCc1ccccc1. The number of ether oxygens (including phenoxy) is 3. The number of hydrazone groups is 1. The van der Waals surface area contributed by atoms with E-state index in [1.807, 2.05) is 60.7 Å². The number of nitrogens with zero attached hydrogens (tertiary/aromatic N) is 2. The fraction of sp³-hybridized carbons (Fsp3) is 0.179. The third-order valence-corrected chi connectivity index (χ3v) is 7.13. The van der Waals surface area contributed by atoms with Gasteiger partial charge in [-0.2, -0.15) is 5.10 Å². The van der Waals surface area contributed by atoms with E-state index in [0.29, 0.717) is 18.1 Å². The van der Waals surface area contributed by atoms with Gasteiger partial charge in [-0.05, 0) is 41.3 Å². The predicted octanol–water partition coefficient (Wildman–Crippen LogP) is 6.58. The first kappa shape index (κ1) is 20.8. The zero-order valence-electron chi connectivity index (χ0n) is 18.8. The molecule has 0 saturated heterocycles. The van der Waals surface area contributed by atoms with Crippen LogP contribution in [0.2, 0.25) is 0 Å². The molecule has 0 amide bonds. The average Bonchev–Trinajstić information content (AvgIpc) is 3.58. The molecule has 1 aromatic heterocycles. The van der Waals surface area contributed by atoms with Crippen molar-refractivity contribution >= 4 is 17.0 Å². The summed E-state index contributed by atoms with van der Waals surface area (Å²) in [6.45, 7) is 0.479. The summed E-state index contributed by atoms with van der Waals surface area (Å²) in [7, 11) is 1.66. The van der Waals surface area contributed by atoms with Gasteiger partial charge >= 0.3 is 0 Å². The van der Waals surface area contributed by atoms with Crippen LogP contribution >= 0.6 is 11.3 Å². The van der Waals surface area contributed by atoms with E-state index in [2.05, 4.69) is 34.7 Å². The predicted molar refractivity (Wildman–Crippen MR) is 134 cm³/mol. The van der Waals surface area contributed by atoms with Gasteiger partial charge in [-0.15, -0.1) is 11.3 Å². The molecule has 0 spiro atoms. The van der Waals surface area contributed by atoms with Crippen LogP contribution in [0.1, 0.15) is 40.3 Å². The minimum atomic E-state index is -0.352. The molecule has 3 heterocycles. The fourth-order valence-electron chi connectivity index (χ4n) is 4.54. The monoisotopic (exact) mass is 468 g/mol. The molecule has 6 heteroatoms. The van der Waals surface area contributed by atoms with Crippen molar-refractivity contribution in [1.29, 1.82) is 0 Å². The summed E-state index contributed by atoms with van der Waals surface area (Å²) >= 11 is 1.72.